The monoisotopic (exact) mass is 911 g/mol. The van der Waals surface area contributed by atoms with Crippen molar-refractivity contribution >= 4 is 35.8 Å². The van der Waals surface area contributed by atoms with Gasteiger partial charge in [-0.25, -0.2) is 19.2 Å². The topological polar surface area (TPSA) is 231 Å². The number of hydrogen-bond donors (Lipinski definition) is 4. The van der Waals surface area contributed by atoms with Gasteiger partial charge in [-0.2, -0.15) is 0 Å². The number of ketones is 1. The first kappa shape index (κ1) is 48.0. The van der Waals surface area contributed by atoms with Gasteiger partial charge in [0.1, 0.15) is 29.5 Å². The lowest BCUT2D eigenvalue weighted by molar-refractivity contribution is -0.345. The lowest BCUT2D eigenvalue weighted by Crippen LogP contribution is -2.81. The van der Waals surface area contributed by atoms with E-state index in [0.29, 0.717) is 5.56 Å². The first-order valence-corrected chi connectivity index (χ1v) is 21.9. The molecule has 4 aliphatic rings. The highest BCUT2D eigenvalue weighted by molar-refractivity contribution is 6.04. The highest BCUT2D eigenvalue weighted by atomic mass is 16.6. The van der Waals surface area contributed by atoms with E-state index < -0.39 is 124 Å². The van der Waals surface area contributed by atoms with E-state index in [4.69, 9.17) is 28.4 Å². The third kappa shape index (κ3) is 8.39. The molecule has 3 aliphatic carbocycles. The molecular weight excluding hydrogens is 855 g/mol. The van der Waals surface area contributed by atoms with Crippen LogP contribution in [0.15, 0.2) is 102 Å². The molecule has 0 aromatic heterocycles. The van der Waals surface area contributed by atoms with Crippen LogP contribution in [0.2, 0.25) is 0 Å². The fraction of sp³-hybridized carbons (Fsp3) is 0.480. The maximum Gasteiger partial charge on any atom is 0.408 e. The van der Waals surface area contributed by atoms with Gasteiger partial charge in [0.15, 0.2) is 17.5 Å². The fourth-order valence-electron chi connectivity index (χ4n) is 10.4. The van der Waals surface area contributed by atoms with Crippen molar-refractivity contribution in [3.63, 3.8) is 0 Å². The summed E-state index contributed by atoms with van der Waals surface area (Å²) in [5.74, 6) is -8.20. The summed E-state index contributed by atoms with van der Waals surface area (Å²) >= 11 is 0. The van der Waals surface area contributed by atoms with Crippen LogP contribution in [0.5, 0.6) is 0 Å². The van der Waals surface area contributed by atoms with Crippen molar-refractivity contribution in [2.45, 2.75) is 122 Å². The molecule has 16 heteroatoms. The van der Waals surface area contributed by atoms with Gasteiger partial charge >= 0.3 is 30.0 Å². The van der Waals surface area contributed by atoms with E-state index in [0.717, 1.165) is 6.92 Å². The van der Waals surface area contributed by atoms with Gasteiger partial charge in [0, 0.05) is 31.1 Å². The summed E-state index contributed by atoms with van der Waals surface area (Å²) in [6.45, 7) is 11.8. The van der Waals surface area contributed by atoms with Crippen molar-refractivity contribution in [2.24, 2.45) is 22.7 Å². The van der Waals surface area contributed by atoms with Gasteiger partial charge in [0.05, 0.1) is 41.2 Å². The van der Waals surface area contributed by atoms with E-state index in [1.807, 2.05) is 0 Å². The highest BCUT2D eigenvalue weighted by Gasteiger charge is 2.78. The Labute approximate surface area is 382 Å². The predicted octanol–water partition coefficient (Wildman–Crippen LogP) is 5.33. The van der Waals surface area contributed by atoms with Crippen molar-refractivity contribution in [3.8, 4) is 0 Å². The molecule has 2 saturated carbocycles. The first-order valence-electron chi connectivity index (χ1n) is 21.9. The van der Waals surface area contributed by atoms with Crippen LogP contribution in [0.3, 0.4) is 0 Å². The van der Waals surface area contributed by atoms with Crippen molar-refractivity contribution in [3.05, 3.63) is 119 Å². The second-order valence-corrected chi connectivity index (χ2v) is 19.4. The molecule has 0 spiro atoms. The molecule has 1 amide bonds. The van der Waals surface area contributed by atoms with Crippen LogP contribution < -0.4 is 5.32 Å². The molecule has 66 heavy (non-hydrogen) atoms. The Kier molecular flexibility index (Phi) is 12.9. The number of benzene rings is 3. The van der Waals surface area contributed by atoms with Crippen LogP contribution in [0, 0.1) is 22.7 Å². The number of aliphatic hydroxyl groups is 3. The number of nitrogens with one attached hydrogen (secondary N) is 1. The number of fused-ring (bicyclic) bond motifs is 5. The number of esters is 4. The fourth-order valence-corrected chi connectivity index (χ4v) is 10.4. The Morgan fingerprint density at radius 2 is 1.41 bits per heavy atom. The van der Waals surface area contributed by atoms with Crippen molar-refractivity contribution in [1.29, 1.82) is 0 Å². The number of rotatable bonds is 10. The molecule has 1 aliphatic heterocycles. The minimum absolute atomic E-state index is 0.0366. The van der Waals surface area contributed by atoms with E-state index in [-0.39, 0.29) is 29.7 Å². The molecule has 352 valence electrons. The number of amides is 1. The summed E-state index contributed by atoms with van der Waals surface area (Å²) in [6.07, 6.45) is -9.84. The molecular formula is C50H57NO15. The van der Waals surface area contributed by atoms with Crippen LogP contribution >= 0.6 is 0 Å². The van der Waals surface area contributed by atoms with Crippen LogP contribution in [-0.2, 0) is 42.8 Å². The molecule has 1 heterocycles. The zero-order chi connectivity index (χ0) is 48.1. The summed E-state index contributed by atoms with van der Waals surface area (Å²) in [7, 11) is 0. The van der Waals surface area contributed by atoms with Crippen molar-refractivity contribution < 1.29 is 72.5 Å². The van der Waals surface area contributed by atoms with Gasteiger partial charge in [-0.15, -0.1) is 0 Å². The second-order valence-electron chi connectivity index (χ2n) is 19.4. The molecule has 2 bridgehead atoms. The summed E-state index contributed by atoms with van der Waals surface area (Å²) in [4.78, 5) is 85.1. The maximum absolute atomic E-state index is 15.9. The van der Waals surface area contributed by atoms with Crippen molar-refractivity contribution in [1.82, 2.24) is 5.32 Å². The Bertz CT molecular complexity index is 2400. The number of hydrogen-bond acceptors (Lipinski definition) is 15. The number of Topliss-reactive ketones (excluding diaryl/α,β-unsaturated/α-hetero) is 1. The molecule has 1 saturated heterocycles. The Morgan fingerprint density at radius 3 is 1.94 bits per heavy atom. The van der Waals surface area contributed by atoms with Gasteiger partial charge in [-0.05, 0) is 63.1 Å². The highest BCUT2D eigenvalue weighted by Crippen LogP contribution is 2.65. The minimum atomic E-state index is -2.44. The lowest BCUT2D eigenvalue weighted by Gasteiger charge is -2.67. The Hall–Kier alpha value is -5.94. The average molecular weight is 912 g/mol. The number of aliphatic hydroxyl groups excluding tert-OH is 2. The van der Waals surface area contributed by atoms with E-state index >= 15 is 4.79 Å². The Balaban J connectivity index is 1.43. The van der Waals surface area contributed by atoms with Crippen LogP contribution in [0.4, 0.5) is 4.79 Å². The first-order chi connectivity index (χ1) is 31.0. The number of allylic oxidation sites excluding steroid dienone is 1. The number of alkyl carbamates (subject to hydrolysis) is 1. The summed E-state index contributed by atoms with van der Waals surface area (Å²) in [5, 5.41) is 40.5. The van der Waals surface area contributed by atoms with Crippen LogP contribution in [0.1, 0.15) is 101 Å². The van der Waals surface area contributed by atoms with Gasteiger partial charge < -0.3 is 49.1 Å². The minimum Gasteiger partial charge on any atom is -0.460 e. The lowest BCUT2D eigenvalue weighted by atomic mass is 9.45. The van der Waals surface area contributed by atoms with Gasteiger partial charge in [-0.3, -0.25) is 9.59 Å². The van der Waals surface area contributed by atoms with E-state index in [1.54, 1.807) is 108 Å². The summed E-state index contributed by atoms with van der Waals surface area (Å²) < 4.78 is 36.2. The largest absolute Gasteiger partial charge is 0.460 e. The zero-order valence-corrected chi connectivity index (χ0v) is 38.1. The van der Waals surface area contributed by atoms with Gasteiger partial charge in [0.25, 0.3) is 0 Å². The van der Waals surface area contributed by atoms with Crippen molar-refractivity contribution in [2.75, 3.05) is 6.61 Å². The molecule has 16 nitrogen and oxygen atoms in total. The predicted molar refractivity (Wildman–Crippen MR) is 233 cm³/mol. The molecule has 3 fully saturated rings. The standard InChI is InChI=1S/C50H57NO15/c1-27-32(62-44(58)37(54)36(29-18-12-9-13-19-29)51-45(59)66-46(3,4)5)25-50(60)41(64-43(57)31-22-16-11-17-23-31)39-48(8,33(53)24-34-49(39,26-61-34)65-28(2)52)40(55)38(35(27)47(50,6)7)63-42(56)30-20-14-10-15-21-30/h9-23,27,32-34,36-37,39,41,53-54,60H,24-26H2,1-8H3,(H,51,59). The maximum atomic E-state index is 15.9. The molecule has 4 N–H and O–H groups in total. The molecule has 3 aromatic carbocycles. The summed E-state index contributed by atoms with van der Waals surface area (Å²) in [5.41, 5.74) is -8.67. The van der Waals surface area contributed by atoms with E-state index in [9.17, 15) is 39.3 Å². The van der Waals surface area contributed by atoms with Gasteiger partial charge in [-0.1, -0.05) is 87.5 Å². The van der Waals surface area contributed by atoms with Gasteiger partial charge in [0.2, 0.25) is 5.78 Å². The third-order valence-corrected chi connectivity index (χ3v) is 13.8. The van der Waals surface area contributed by atoms with Crippen LogP contribution in [-0.4, -0.2) is 105 Å². The van der Waals surface area contributed by atoms with E-state index in [1.165, 1.54) is 31.2 Å². The summed E-state index contributed by atoms with van der Waals surface area (Å²) in [6, 6.07) is 22.4. The third-order valence-electron chi connectivity index (χ3n) is 13.8. The second kappa shape index (κ2) is 17.7. The average Bonchev–Trinajstić information content (AvgIpc) is 3.26. The smallest absolute Gasteiger partial charge is 0.408 e. The van der Waals surface area contributed by atoms with Crippen LogP contribution in [0.25, 0.3) is 0 Å². The number of ether oxygens (including phenoxy) is 6. The van der Waals surface area contributed by atoms with E-state index in [2.05, 4.69) is 5.32 Å². The molecule has 11 atom stereocenters. The quantitative estimate of drug-likeness (QED) is 0.149. The number of carbonyl (C=O) groups is 6. The molecule has 7 rings (SSSR count). The number of carbonyl (C=O) groups excluding carboxylic acids is 6. The molecule has 11 unspecified atom stereocenters. The molecule has 3 aromatic rings. The SMILES string of the molecule is CC(=O)OC12COC1CC(O)C1(C)C(=O)C(OC(=O)c3ccccc3)=C3C(C)C(OC(=O)C(O)C(NC(=O)OC(C)(C)C)c4ccccc4)CC(O)(C(OC(=O)c4ccccc4)C21)C3(C)C. The zero-order valence-electron chi connectivity index (χ0n) is 38.1. The normalized spacial score (nSPS) is 30.9. The Morgan fingerprint density at radius 1 is 0.848 bits per heavy atom. The molecule has 0 radical (unpaired) electrons.